The lowest BCUT2D eigenvalue weighted by atomic mass is 10.3. The summed E-state index contributed by atoms with van der Waals surface area (Å²) in [5.41, 5.74) is 6.39. The van der Waals surface area contributed by atoms with Crippen molar-refractivity contribution in [2.45, 2.75) is 6.61 Å². The number of methoxy groups -OCH3 is 1. The van der Waals surface area contributed by atoms with Gasteiger partial charge in [0.2, 0.25) is 0 Å². The summed E-state index contributed by atoms with van der Waals surface area (Å²) in [6.07, 6.45) is 0. The van der Waals surface area contributed by atoms with Gasteiger partial charge in [0.1, 0.15) is 18.2 Å². The third kappa shape index (κ3) is 3.70. The molecular weight excluding hydrogens is 287 g/mol. The molecule has 1 heterocycles. The monoisotopic (exact) mass is 298 g/mol. The van der Waals surface area contributed by atoms with E-state index in [1.54, 1.807) is 31.4 Å². The summed E-state index contributed by atoms with van der Waals surface area (Å²) in [5.74, 6) is 1.40. The van der Waals surface area contributed by atoms with Crippen LogP contribution in [0.15, 0.2) is 24.3 Å². The van der Waals surface area contributed by atoms with Gasteiger partial charge in [0.15, 0.2) is 5.82 Å². The smallest absolute Gasteiger partial charge is 0.158 e. The van der Waals surface area contributed by atoms with Crippen molar-refractivity contribution >= 4 is 40.5 Å². The van der Waals surface area contributed by atoms with Gasteiger partial charge in [-0.3, -0.25) is 0 Å². The second-order valence-corrected chi connectivity index (χ2v) is 4.62. The zero-order chi connectivity index (χ0) is 13.8. The van der Waals surface area contributed by atoms with E-state index in [-0.39, 0.29) is 6.61 Å². The first kappa shape index (κ1) is 13.9. The summed E-state index contributed by atoms with van der Waals surface area (Å²) >= 11 is 11.9. The Bertz CT molecular complexity index is 592. The maximum Gasteiger partial charge on any atom is 0.158 e. The van der Waals surface area contributed by atoms with Gasteiger partial charge in [0, 0.05) is 18.2 Å². The number of hydrogen-bond acceptors (Lipinski definition) is 5. The molecule has 0 aliphatic carbocycles. The average molecular weight is 299 g/mol. The summed E-state index contributed by atoms with van der Waals surface area (Å²) in [6, 6.07) is 6.76. The molecule has 0 unspecified atom stereocenters. The van der Waals surface area contributed by atoms with Crippen LogP contribution in [0.2, 0.25) is 10.0 Å². The zero-order valence-corrected chi connectivity index (χ0v) is 11.7. The first-order valence-electron chi connectivity index (χ1n) is 5.43. The molecule has 0 saturated carbocycles. The fourth-order valence-electron chi connectivity index (χ4n) is 1.50. The van der Waals surface area contributed by atoms with Crippen LogP contribution < -0.4 is 11.1 Å². The van der Waals surface area contributed by atoms with Crippen LogP contribution in [0, 0.1) is 0 Å². The van der Waals surface area contributed by atoms with Crippen molar-refractivity contribution in [2.24, 2.45) is 0 Å². The Balaban J connectivity index is 2.27. The topological polar surface area (TPSA) is 73.1 Å². The predicted octanol–water partition coefficient (Wildman–Crippen LogP) is 3.26. The Kier molecular flexibility index (Phi) is 4.42. The highest BCUT2D eigenvalue weighted by atomic mass is 35.5. The van der Waals surface area contributed by atoms with E-state index in [9.17, 15) is 0 Å². The van der Waals surface area contributed by atoms with Crippen molar-refractivity contribution in [1.82, 2.24) is 9.97 Å². The third-order valence-corrected chi connectivity index (χ3v) is 2.81. The van der Waals surface area contributed by atoms with Crippen LogP contribution in [0.3, 0.4) is 0 Å². The van der Waals surface area contributed by atoms with E-state index in [0.29, 0.717) is 33.2 Å². The molecule has 7 heteroatoms. The molecule has 1 aromatic carbocycles. The van der Waals surface area contributed by atoms with Crippen molar-refractivity contribution in [2.75, 3.05) is 18.2 Å². The number of rotatable bonds is 4. The number of nitrogen functional groups attached to an aromatic ring is 1. The van der Waals surface area contributed by atoms with Crippen LogP contribution in [0.5, 0.6) is 0 Å². The van der Waals surface area contributed by atoms with Gasteiger partial charge in [0.25, 0.3) is 0 Å². The van der Waals surface area contributed by atoms with E-state index in [1.165, 1.54) is 0 Å². The zero-order valence-electron chi connectivity index (χ0n) is 10.2. The number of aromatic nitrogens is 2. The standard InChI is InChI=1S/C12H12Cl2N4O/c1-19-6-12-17-10(15)5-11(18-12)16-9-3-2-7(13)4-8(9)14/h2-5H,6H2,1H3,(H3,15,16,17,18). The summed E-state index contributed by atoms with van der Waals surface area (Å²) in [7, 11) is 1.57. The molecule has 0 saturated heterocycles. The first-order chi connectivity index (χ1) is 9.08. The van der Waals surface area contributed by atoms with Crippen molar-refractivity contribution in [3.05, 3.63) is 40.1 Å². The number of benzene rings is 1. The highest BCUT2D eigenvalue weighted by Crippen LogP contribution is 2.27. The molecule has 0 amide bonds. The van der Waals surface area contributed by atoms with Crippen molar-refractivity contribution in [3.63, 3.8) is 0 Å². The fourth-order valence-corrected chi connectivity index (χ4v) is 1.96. The van der Waals surface area contributed by atoms with Gasteiger partial charge in [-0.15, -0.1) is 0 Å². The maximum atomic E-state index is 6.07. The number of anilines is 3. The second-order valence-electron chi connectivity index (χ2n) is 3.78. The molecule has 0 aliphatic heterocycles. The Morgan fingerprint density at radius 1 is 1.26 bits per heavy atom. The van der Waals surface area contributed by atoms with Gasteiger partial charge in [-0.25, -0.2) is 9.97 Å². The lowest BCUT2D eigenvalue weighted by Gasteiger charge is -2.09. The van der Waals surface area contributed by atoms with Gasteiger partial charge >= 0.3 is 0 Å². The first-order valence-corrected chi connectivity index (χ1v) is 6.18. The molecule has 2 aromatic rings. The van der Waals surface area contributed by atoms with Crippen LogP contribution >= 0.6 is 23.2 Å². The number of nitrogens with one attached hydrogen (secondary N) is 1. The number of ether oxygens (including phenoxy) is 1. The second kappa shape index (κ2) is 6.06. The van der Waals surface area contributed by atoms with Gasteiger partial charge in [-0.05, 0) is 18.2 Å². The molecule has 19 heavy (non-hydrogen) atoms. The van der Waals surface area contributed by atoms with Crippen LogP contribution in [-0.2, 0) is 11.3 Å². The fraction of sp³-hybridized carbons (Fsp3) is 0.167. The summed E-state index contributed by atoms with van der Waals surface area (Å²) in [5, 5.41) is 4.13. The Morgan fingerprint density at radius 2 is 2.05 bits per heavy atom. The molecule has 2 rings (SSSR count). The number of nitrogens with two attached hydrogens (primary N) is 1. The molecule has 0 atom stereocenters. The van der Waals surface area contributed by atoms with Crippen LogP contribution in [0.25, 0.3) is 0 Å². The largest absolute Gasteiger partial charge is 0.384 e. The lowest BCUT2D eigenvalue weighted by Crippen LogP contribution is -2.04. The molecule has 0 radical (unpaired) electrons. The molecule has 1 aromatic heterocycles. The minimum atomic E-state index is 0.286. The van der Waals surface area contributed by atoms with Crippen molar-refractivity contribution in [3.8, 4) is 0 Å². The van der Waals surface area contributed by atoms with E-state index in [1.807, 2.05) is 0 Å². The molecule has 3 N–H and O–H groups in total. The molecule has 0 fully saturated rings. The number of nitrogens with zero attached hydrogens (tertiary/aromatic N) is 2. The summed E-state index contributed by atoms with van der Waals surface area (Å²) < 4.78 is 4.98. The number of hydrogen-bond donors (Lipinski definition) is 2. The molecule has 0 aliphatic rings. The normalized spacial score (nSPS) is 10.5. The highest BCUT2D eigenvalue weighted by Gasteiger charge is 2.06. The third-order valence-electron chi connectivity index (χ3n) is 2.26. The molecular formula is C12H12Cl2N4O. The van der Waals surface area contributed by atoms with E-state index < -0.39 is 0 Å². The van der Waals surface area contributed by atoms with Crippen molar-refractivity contribution in [1.29, 1.82) is 0 Å². The molecule has 100 valence electrons. The minimum absolute atomic E-state index is 0.286. The minimum Gasteiger partial charge on any atom is -0.384 e. The van der Waals surface area contributed by atoms with E-state index in [2.05, 4.69) is 15.3 Å². The summed E-state index contributed by atoms with van der Waals surface area (Å²) in [6.45, 7) is 0.286. The maximum absolute atomic E-state index is 6.07. The lowest BCUT2D eigenvalue weighted by molar-refractivity contribution is 0.178. The van der Waals surface area contributed by atoms with Gasteiger partial charge in [0.05, 0.1) is 10.7 Å². The highest BCUT2D eigenvalue weighted by molar-refractivity contribution is 6.36. The molecule has 0 spiro atoms. The van der Waals surface area contributed by atoms with E-state index >= 15 is 0 Å². The predicted molar refractivity (Wildman–Crippen MR) is 76.9 cm³/mol. The SMILES string of the molecule is COCc1nc(N)cc(Nc2ccc(Cl)cc2Cl)n1. The Morgan fingerprint density at radius 3 is 2.74 bits per heavy atom. The summed E-state index contributed by atoms with van der Waals surface area (Å²) in [4.78, 5) is 8.31. The van der Waals surface area contributed by atoms with Crippen LogP contribution in [0.4, 0.5) is 17.3 Å². The van der Waals surface area contributed by atoms with Gasteiger partial charge in [-0.2, -0.15) is 0 Å². The van der Waals surface area contributed by atoms with Gasteiger partial charge < -0.3 is 15.8 Å². The van der Waals surface area contributed by atoms with E-state index in [4.69, 9.17) is 33.7 Å². The van der Waals surface area contributed by atoms with Crippen molar-refractivity contribution < 1.29 is 4.74 Å². The van der Waals surface area contributed by atoms with Crippen LogP contribution in [-0.4, -0.2) is 17.1 Å². The quantitative estimate of drug-likeness (QED) is 0.906. The number of halogens is 2. The molecule has 0 bridgehead atoms. The van der Waals surface area contributed by atoms with Gasteiger partial charge in [-0.1, -0.05) is 23.2 Å². The average Bonchev–Trinajstić information content (AvgIpc) is 2.32. The van der Waals surface area contributed by atoms with E-state index in [0.717, 1.165) is 0 Å². The van der Waals surface area contributed by atoms with Crippen LogP contribution in [0.1, 0.15) is 5.82 Å². The molecule has 5 nitrogen and oxygen atoms in total. The Labute approximate surface area is 120 Å². The Hall–Kier alpha value is -1.56.